The van der Waals surface area contributed by atoms with Gasteiger partial charge in [0.2, 0.25) is 5.88 Å². The zero-order valence-electron chi connectivity index (χ0n) is 19.4. The number of allylic oxidation sites excluding steroid dienone is 2. The molecule has 2 aromatic rings. The molecule has 0 saturated heterocycles. The van der Waals surface area contributed by atoms with E-state index in [1.807, 2.05) is 46.2 Å². The van der Waals surface area contributed by atoms with E-state index in [4.69, 9.17) is 18.9 Å². The van der Waals surface area contributed by atoms with E-state index in [0.29, 0.717) is 53.9 Å². The normalized spacial score (nSPS) is 12.5. The molecule has 0 aliphatic carbocycles. The number of hydrogen-bond acceptors (Lipinski definition) is 7. The smallest absolute Gasteiger partial charge is 0.233 e. The average Bonchev–Trinajstić information content (AvgIpc) is 2.70. The van der Waals surface area contributed by atoms with Gasteiger partial charge in [0.1, 0.15) is 35.6 Å². The first kappa shape index (κ1) is 24.6. The number of hydrogen-bond donors (Lipinski definition) is 0. The highest BCUT2D eigenvalue weighted by atomic mass is 16.5. The Morgan fingerprint density at radius 1 is 1.19 bits per heavy atom. The van der Waals surface area contributed by atoms with Crippen molar-refractivity contribution in [3.05, 3.63) is 43.0 Å². The van der Waals surface area contributed by atoms with Crippen molar-refractivity contribution in [2.45, 2.75) is 39.7 Å². The quantitative estimate of drug-likeness (QED) is 0.247. The number of fused-ring (bicyclic) bond motifs is 1. The highest BCUT2D eigenvalue weighted by Gasteiger charge is 2.17. The molecule has 0 aliphatic rings. The minimum Gasteiger partial charge on any atom is -0.491 e. The second-order valence-electron chi connectivity index (χ2n) is 7.54. The number of nitrogens with zero attached hydrogens (tertiary/aromatic N) is 3. The van der Waals surface area contributed by atoms with E-state index < -0.39 is 0 Å². The molecule has 0 amide bonds. The molecule has 7 heteroatoms. The van der Waals surface area contributed by atoms with E-state index in [2.05, 4.69) is 28.4 Å². The third-order valence-electron chi connectivity index (χ3n) is 4.42. The predicted octanol–water partition coefficient (Wildman–Crippen LogP) is 4.62. The first-order chi connectivity index (χ1) is 14.9. The lowest BCUT2D eigenvalue weighted by molar-refractivity contribution is 0.0888. The van der Waals surface area contributed by atoms with Gasteiger partial charge in [0.15, 0.2) is 0 Å². The molecule has 0 N–H and O–H groups in total. The second-order valence-corrected chi connectivity index (χ2v) is 7.54. The zero-order valence-corrected chi connectivity index (χ0v) is 19.4. The molecule has 7 nitrogen and oxygen atoms in total. The summed E-state index contributed by atoms with van der Waals surface area (Å²) < 4.78 is 23.6. The van der Waals surface area contributed by atoms with Crippen molar-refractivity contribution in [1.29, 1.82) is 0 Å². The lowest BCUT2D eigenvalue weighted by Crippen LogP contribution is -2.19. The summed E-state index contributed by atoms with van der Waals surface area (Å²) >= 11 is 0. The van der Waals surface area contributed by atoms with Crippen LogP contribution in [0.25, 0.3) is 10.9 Å². The van der Waals surface area contributed by atoms with Gasteiger partial charge in [-0.05, 0) is 40.4 Å². The van der Waals surface area contributed by atoms with Crippen LogP contribution in [-0.2, 0) is 4.74 Å². The van der Waals surface area contributed by atoms with Crippen LogP contribution in [0.15, 0.2) is 43.0 Å². The number of aromatic nitrogens is 2. The summed E-state index contributed by atoms with van der Waals surface area (Å²) in [5.74, 6) is 2.20. The summed E-state index contributed by atoms with van der Waals surface area (Å²) in [7, 11) is 4.04. The minimum absolute atomic E-state index is 0.0320. The van der Waals surface area contributed by atoms with Gasteiger partial charge < -0.3 is 23.8 Å². The molecule has 31 heavy (non-hydrogen) atoms. The molecular formula is C24H35N3O4. The summed E-state index contributed by atoms with van der Waals surface area (Å²) in [6.07, 6.45) is 7.10. The van der Waals surface area contributed by atoms with Gasteiger partial charge in [0, 0.05) is 18.7 Å². The van der Waals surface area contributed by atoms with Crippen molar-refractivity contribution in [1.82, 2.24) is 14.9 Å². The van der Waals surface area contributed by atoms with Gasteiger partial charge in [-0.15, -0.1) is 0 Å². The van der Waals surface area contributed by atoms with Crippen LogP contribution >= 0.6 is 0 Å². The SMILES string of the molecule is C=C(C=CC)Oc1ncnc2cc(OCCOCCN(C)C)cc(OC(C)CCC)c12. The topological polar surface area (TPSA) is 65.9 Å². The van der Waals surface area contributed by atoms with E-state index in [9.17, 15) is 0 Å². The molecular weight excluding hydrogens is 394 g/mol. The Labute approximate surface area is 185 Å². The monoisotopic (exact) mass is 429 g/mol. The van der Waals surface area contributed by atoms with E-state index in [0.717, 1.165) is 19.4 Å². The second kappa shape index (κ2) is 12.9. The molecule has 1 atom stereocenters. The Morgan fingerprint density at radius 2 is 2.00 bits per heavy atom. The van der Waals surface area contributed by atoms with Crippen molar-refractivity contribution in [2.75, 3.05) is 40.5 Å². The molecule has 0 spiro atoms. The molecule has 170 valence electrons. The van der Waals surface area contributed by atoms with Gasteiger partial charge in [-0.3, -0.25) is 0 Å². The molecule has 1 heterocycles. The molecule has 2 rings (SSSR count). The maximum atomic E-state index is 6.24. The molecule has 1 unspecified atom stereocenters. The molecule has 0 radical (unpaired) electrons. The number of rotatable bonds is 14. The number of likely N-dealkylation sites (N-methyl/N-ethyl adjacent to an activating group) is 1. The van der Waals surface area contributed by atoms with E-state index in [-0.39, 0.29) is 6.10 Å². The summed E-state index contributed by atoms with van der Waals surface area (Å²) in [4.78, 5) is 10.8. The van der Waals surface area contributed by atoms with Crippen molar-refractivity contribution in [3.8, 4) is 17.4 Å². The fourth-order valence-corrected chi connectivity index (χ4v) is 2.95. The number of benzene rings is 1. The van der Waals surface area contributed by atoms with Gasteiger partial charge in [-0.1, -0.05) is 26.0 Å². The van der Waals surface area contributed by atoms with Crippen LogP contribution in [0.2, 0.25) is 0 Å². The lowest BCUT2D eigenvalue weighted by atomic mass is 10.2. The first-order valence-electron chi connectivity index (χ1n) is 10.7. The maximum absolute atomic E-state index is 6.24. The minimum atomic E-state index is 0.0320. The zero-order chi connectivity index (χ0) is 22.6. The van der Waals surface area contributed by atoms with E-state index in [1.54, 1.807) is 6.08 Å². The third-order valence-corrected chi connectivity index (χ3v) is 4.42. The summed E-state index contributed by atoms with van der Waals surface area (Å²) in [6.45, 7) is 12.5. The Balaban J connectivity index is 2.24. The summed E-state index contributed by atoms with van der Waals surface area (Å²) in [6, 6.07) is 3.72. The van der Waals surface area contributed by atoms with Gasteiger partial charge in [-0.2, -0.15) is 0 Å². The van der Waals surface area contributed by atoms with Gasteiger partial charge >= 0.3 is 0 Å². The fourth-order valence-electron chi connectivity index (χ4n) is 2.95. The van der Waals surface area contributed by atoms with E-state index in [1.165, 1.54) is 6.33 Å². The van der Waals surface area contributed by atoms with Crippen LogP contribution in [-0.4, -0.2) is 61.4 Å². The Bertz CT molecular complexity index is 867. The highest BCUT2D eigenvalue weighted by molar-refractivity contribution is 5.91. The average molecular weight is 430 g/mol. The van der Waals surface area contributed by atoms with Crippen molar-refractivity contribution >= 4 is 10.9 Å². The first-order valence-corrected chi connectivity index (χ1v) is 10.7. The van der Waals surface area contributed by atoms with Gasteiger partial charge in [0.25, 0.3) is 0 Å². The van der Waals surface area contributed by atoms with Crippen LogP contribution in [0.4, 0.5) is 0 Å². The Hall–Kier alpha value is -2.64. The largest absolute Gasteiger partial charge is 0.491 e. The van der Waals surface area contributed by atoms with Crippen LogP contribution in [0.3, 0.4) is 0 Å². The van der Waals surface area contributed by atoms with Crippen LogP contribution < -0.4 is 14.2 Å². The maximum Gasteiger partial charge on any atom is 0.233 e. The molecule has 0 aliphatic heterocycles. The Morgan fingerprint density at radius 3 is 2.71 bits per heavy atom. The van der Waals surface area contributed by atoms with Crippen molar-refractivity contribution in [2.24, 2.45) is 0 Å². The molecule has 1 aromatic carbocycles. The predicted molar refractivity (Wildman–Crippen MR) is 124 cm³/mol. The van der Waals surface area contributed by atoms with Crippen LogP contribution in [0.1, 0.15) is 33.6 Å². The highest BCUT2D eigenvalue weighted by Crippen LogP contribution is 2.36. The standard InChI is InChI=1S/C24H35N3O4/c1-7-9-18(3)30-22-16-20(29-14-13-28-12-11-27(5)6)15-21-23(22)24(26-17-25-21)31-19(4)10-8-2/h8,10,15-18H,4,7,9,11-14H2,1-3,5-6H3. The summed E-state index contributed by atoms with van der Waals surface area (Å²) in [5.41, 5.74) is 0.683. The van der Waals surface area contributed by atoms with E-state index >= 15 is 0 Å². The van der Waals surface area contributed by atoms with Gasteiger partial charge in [-0.25, -0.2) is 9.97 Å². The molecule has 0 fully saturated rings. The molecule has 0 bridgehead atoms. The molecule has 0 saturated carbocycles. The third kappa shape index (κ3) is 8.19. The Kier molecular flexibility index (Phi) is 10.3. The fraction of sp³-hybridized carbons (Fsp3) is 0.500. The van der Waals surface area contributed by atoms with Gasteiger partial charge in [0.05, 0.1) is 24.8 Å². The van der Waals surface area contributed by atoms with Crippen LogP contribution in [0, 0.1) is 0 Å². The van der Waals surface area contributed by atoms with Crippen molar-refractivity contribution in [3.63, 3.8) is 0 Å². The van der Waals surface area contributed by atoms with Crippen molar-refractivity contribution < 1.29 is 18.9 Å². The lowest BCUT2D eigenvalue weighted by Gasteiger charge is -2.18. The summed E-state index contributed by atoms with van der Waals surface area (Å²) in [5, 5.41) is 0.700. The number of ether oxygens (including phenoxy) is 4. The van der Waals surface area contributed by atoms with Crippen LogP contribution in [0.5, 0.6) is 17.4 Å². The molecule has 1 aromatic heterocycles.